The van der Waals surface area contributed by atoms with E-state index in [0.717, 1.165) is 12.3 Å². The van der Waals surface area contributed by atoms with Crippen molar-refractivity contribution in [3.8, 4) is 5.75 Å². The zero-order valence-electron chi connectivity index (χ0n) is 8.79. The molecule has 0 saturated carbocycles. The highest BCUT2D eigenvalue weighted by atomic mass is 32.2. The molecule has 2 N–H and O–H groups in total. The SMILES string of the molecule is C=CC(N)=O.CS(=O)(=O)Oc1ccccc1. The maximum absolute atomic E-state index is 10.6. The van der Waals surface area contributed by atoms with Crippen LogP contribution in [0.3, 0.4) is 0 Å². The lowest BCUT2D eigenvalue weighted by atomic mass is 10.3. The Kier molecular flexibility index (Phi) is 5.87. The van der Waals surface area contributed by atoms with Crippen molar-refractivity contribution < 1.29 is 17.4 Å². The minimum Gasteiger partial charge on any atom is -0.383 e. The molecule has 0 aliphatic carbocycles. The summed E-state index contributed by atoms with van der Waals surface area (Å²) >= 11 is 0. The monoisotopic (exact) mass is 243 g/mol. The highest BCUT2D eigenvalue weighted by molar-refractivity contribution is 7.86. The van der Waals surface area contributed by atoms with Gasteiger partial charge in [0.25, 0.3) is 0 Å². The van der Waals surface area contributed by atoms with E-state index in [1.807, 2.05) is 0 Å². The van der Waals surface area contributed by atoms with Crippen LogP contribution in [0.15, 0.2) is 43.0 Å². The van der Waals surface area contributed by atoms with Crippen molar-refractivity contribution in [1.29, 1.82) is 0 Å². The van der Waals surface area contributed by atoms with Crippen LogP contribution in [0.25, 0.3) is 0 Å². The zero-order valence-corrected chi connectivity index (χ0v) is 9.61. The molecule has 0 atom stereocenters. The Labute approximate surface area is 94.7 Å². The van der Waals surface area contributed by atoms with Crippen molar-refractivity contribution in [3.63, 3.8) is 0 Å². The largest absolute Gasteiger partial charge is 0.383 e. The Morgan fingerprint density at radius 2 is 1.81 bits per heavy atom. The summed E-state index contributed by atoms with van der Waals surface area (Å²) in [5.41, 5.74) is 4.53. The molecule has 0 saturated heterocycles. The highest BCUT2D eigenvalue weighted by Gasteiger charge is 2.01. The maximum Gasteiger partial charge on any atom is 0.306 e. The molecule has 0 spiro atoms. The molecule has 88 valence electrons. The smallest absolute Gasteiger partial charge is 0.306 e. The first-order chi connectivity index (χ1) is 7.35. The lowest BCUT2D eigenvalue weighted by molar-refractivity contribution is -0.113. The fraction of sp³-hybridized carbons (Fsp3) is 0.100. The molecule has 0 unspecified atom stereocenters. The van der Waals surface area contributed by atoms with Gasteiger partial charge in [-0.1, -0.05) is 24.8 Å². The molecular weight excluding hydrogens is 230 g/mol. The number of carbonyl (C=O) groups is 1. The van der Waals surface area contributed by atoms with Gasteiger partial charge in [0.05, 0.1) is 6.26 Å². The number of amides is 1. The molecular formula is C10H13NO4S. The number of rotatable bonds is 3. The van der Waals surface area contributed by atoms with E-state index in [1.54, 1.807) is 30.3 Å². The van der Waals surface area contributed by atoms with E-state index < -0.39 is 16.0 Å². The van der Waals surface area contributed by atoms with Crippen molar-refractivity contribution in [2.24, 2.45) is 5.73 Å². The summed E-state index contributed by atoms with van der Waals surface area (Å²) in [5.74, 6) is -0.139. The fourth-order valence-electron chi connectivity index (χ4n) is 0.651. The lowest BCUT2D eigenvalue weighted by Gasteiger charge is -1.99. The predicted molar refractivity (Wildman–Crippen MR) is 61.3 cm³/mol. The van der Waals surface area contributed by atoms with Crippen LogP contribution in [0.2, 0.25) is 0 Å². The molecule has 0 radical (unpaired) electrons. The average molecular weight is 243 g/mol. The molecule has 0 bridgehead atoms. The quantitative estimate of drug-likeness (QED) is 0.624. The Balaban J connectivity index is 0.000000385. The van der Waals surface area contributed by atoms with Gasteiger partial charge in [0.2, 0.25) is 5.91 Å². The van der Waals surface area contributed by atoms with E-state index in [-0.39, 0.29) is 0 Å². The minimum atomic E-state index is -3.38. The third-order valence-corrected chi connectivity index (χ3v) is 1.69. The van der Waals surface area contributed by atoms with Crippen LogP contribution in [0.1, 0.15) is 0 Å². The average Bonchev–Trinajstić information content (AvgIpc) is 2.17. The molecule has 0 aliphatic heterocycles. The summed E-state index contributed by atoms with van der Waals surface area (Å²) < 4.78 is 25.7. The van der Waals surface area contributed by atoms with Crippen LogP contribution in [-0.2, 0) is 14.9 Å². The molecule has 16 heavy (non-hydrogen) atoms. The summed E-state index contributed by atoms with van der Waals surface area (Å²) in [5, 5.41) is 0. The van der Waals surface area contributed by atoms with Gasteiger partial charge in [-0.25, -0.2) is 0 Å². The number of primary amides is 1. The summed E-state index contributed by atoms with van der Waals surface area (Å²) in [6, 6.07) is 8.37. The molecule has 0 heterocycles. The zero-order chi connectivity index (χ0) is 12.6. The first-order valence-electron chi connectivity index (χ1n) is 4.21. The second-order valence-electron chi connectivity index (χ2n) is 2.71. The standard InChI is InChI=1S/C7H8O3S.C3H5NO/c1-11(8,9)10-7-5-3-2-4-6-7;1-2-3(4)5/h2-6H,1H3;2H,1H2,(H2,4,5). The summed E-state index contributed by atoms with van der Waals surface area (Å²) in [4.78, 5) is 9.47. The third-order valence-electron chi connectivity index (χ3n) is 1.19. The fourth-order valence-corrected chi connectivity index (χ4v) is 1.11. The van der Waals surface area contributed by atoms with Gasteiger partial charge in [0, 0.05) is 0 Å². The topological polar surface area (TPSA) is 86.5 Å². The summed E-state index contributed by atoms with van der Waals surface area (Å²) in [6.07, 6.45) is 2.07. The Bertz CT molecular complexity index is 439. The van der Waals surface area contributed by atoms with Crippen LogP contribution in [-0.4, -0.2) is 20.6 Å². The number of hydrogen-bond acceptors (Lipinski definition) is 4. The molecule has 0 aromatic heterocycles. The van der Waals surface area contributed by atoms with Gasteiger partial charge in [-0.15, -0.1) is 0 Å². The molecule has 1 aromatic rings. The molecule has 1 amide bonds. The maximum atomic E-state index is 10.6. The van der Waals surface area contributed by atoms with Crippen molar-refractivity contribution in [3.05, 3.63) is 43.0 Å². The van der Waals surface area contributed by atoms with Gasteiger partial charge in [0.1, 0.15) is 5.75 Å². The first-order valence-corrected chi connectivity index (χ1v) is 6.03. The van der Waals surface area contributed by atoms with Crippen molar-refractivity contribution in [2.45, 2.75) is 0 Å². The Hall–Kier alpha value is -1.82. The van der Waals surface area contributed by atoms with Crippen LogP contribution < -0.4 is 9.92 Å². The molecule has 0 aliphatic rings. The second-order valence-corrected chi connectivity index (χ2v) is 4.28. The van der Waals surface area contributed by atoms with Crippen LogP contribution in [0.4, 0.5) is 0 Å². The Morgan fingerprint density at radius 1 is 1.38 bits per heavy atom. The predicted octanol–water partition coefficient (Wildman–Crippen LogP) is 0.683. The third kappa shape index (κ3) is 8.76. The molecule has 1 aromatic carbocycles. The van der Waals surface area contributed by atoms with Gasteiger partial charge in [-0.3, -0.25) is 4.79 Å². The van der Waals surface area contributed by atoms with Crippen molar-refractivity contribution >= 4 is 16.0 Å². The van der Waals surface area contributed by atoms with Gasteiger partial charge in [-0.05, 0) is 18.2 Å². The van der Waals surface area contributed by atoms with Gasteiger partial charge >= 0.3 is 10.1 Å². The highest BCUT2D eigenvalue weighted by Crippen LogP contribution is 2.09. The number of benzene rings is 1. The van der Waals surface area contributed by atoms with Crippen molar-refractivity contribution in [1.82, 2.24) is 0 Å². The van der Waals surface area contributed by atoms with E-state index >= 15 is 0 Å². The number of nitrogens with two attached hydrogens (primary N) is 1. The second kappa shape index (κ2) is 6.62. The van der Waals surface area contributed by atoms with E-state index in [9.17, 15) is 13.2 Å². The van der Waals surface area contributed by atoms with Gasteiger partial charge in [-0.2, -0.15) is 8.42 Å². The number of para-hydroxylation sites is 1. The van der Waals surface area contributed by atoms with E-state index in [2.05, 4.69) is 16.5 Å². The Morgan fingerprint density at radius 3 is 2.12 bits per heavy atom. The van der Waals surface area contributed by atoms with Crippen LogP contribution in [0.5, 0.6) is 5.75 Å². The van der Waals surface area contributed by atoms with Crippen LogP contribution >= 0.6 is 0 Å². The van der Waals surface area contributed by atoms with Gasteiger partial charge in [0.15, 0.2) is 0 Å². The van der Waals surface area contributed by atoms with E-state index in [0.29, 0.717) is 5.75 Å². The molecule has 5 nitrogen and oxygen atoms in total. The number of carbonyl (C=O) groups excluding carboxylic acids is 1. The molecule has 0 fully saturated rings. The minimum absolute atomic E-state index is 0.343. The van der Waals surface area contributed by atoms with E-state index in [1.165, 1.54) is 0 Å². The van der Waals surface area contributed by atoms with E-state index in [4.69, 9.17) is 0 Å². The summed E-state index contributed by atoms with van der Waals surface area (Å²) in [6.45, 7) is 3.09. The van der Waals surface area contributed by atoms with Crippen LogP contribution in [0, 0.1) is 0 Å². The summed E-state index contributed by atoms with van der Waals surface area (Å²) in [7, 11) is -3.38. The van der Waals surface area contributed by atoms with Gasteiger partial charge < -0.3 is 9.92 Å². The first kappa shape index (κ1) is 14.2. The molecule has 6 heteroatoms. The lowest BCUT2D eigenvalue weighted by Crippen LogP contribution is -2.05. The normalized spacial score (nSPS) is 9.56. The van der Waals surface area contributed by atoms with Crippen molar-refractivity contribution in [2.75, 3.05) is 6.26 Å². The molecule has 1 rings (SSSR count). The number of hydrogen-bond donors (Lipinski definition) is 1.